The number of aryl methyl sites for hydroxylation is 2. The van der Waals surface area contributed by atoms with E-state index in [1.165, 1.54) is 4.68 Å². The fourth-order valence-electron chi connectivity index (χ4n) is 4.29. The van der Waals surface area contributed by atoms with Gasteiger partial charge in [-0.05, 0) is 73.0 Å². The maximum atomic E-state index is 13.5. The molecular weight excluding hydrogens is 468 g/mol. The first-order valence-electron chi connectivity index (χ1n) is 11.6. The Labute approximate surface area is 213 Å². The first-order valence-corrected chi connectivity index (χ1v) is 11.6. The van der Waals surface area contributed by atoms with E-state index in [1.807, 2.05) is 62.4 Å². The van der Waals surface area contributed by atoms with Crippen LogP contribution in [-0.2, 0) is 0 Å². The number of nitrogens with zero attached hydrogens (tertiary/aromatic N) is 4. The van der Waals surface area contributed by atoms with Gasteiger partial charge in [-0.2, -0.15) is 9.78 Å². The van der Waals surface area contributed by atoms with Crippen molar-refractivity contribution >= 4 is 45.8 Å². The molecule has 3 aromatic carbocycles. The zero-order chi connectivity index (χ0) is 26.1. The fraction of sp³-hybridized carbons (Fsp3) is 0.143. The summed E-state index contributed by atoms with van der Waals surface area (Å²) in [6.45, 7) is 3.95. The lowest BCUT2D eigenvalue weighted by atomic mass is 10.1. The van der Waals surface area contributed by atoms with E-state index < -0.39 is 5.91 Å². The molecule has 186 valence electrons. The monoisotopic (exact) mass is 494 g/mol. The third-order valence-corrected chi connectivity index (χ3v) is 5.91. The zero-order valence-electron chi connectivity index (χ0n) is 20.9. The second kappa shape index (κ2) is 9.62. The van der Waals surface area contributed by atoms with Gasteiger partial charge in [0.25, 0.3) is 5.91 Å². The zero-order valence-corrected chi connectivity index (χ0v) is 20.9. The van der Waals surface area contributed by atoms with Gasteiger partial charge >= 0.3 is 0 Å². The van der Waals surface area contributed by atoms with Crippen LogP contribution in [0.5, 0.6) is 11.5 Å². The highest BCUT2D eigenvalue weighted by Gasteiger charge is 2.24. The number of hydrogen-bond acceptors (Lipinski definition) is 7. The van der Waals surface area contributed by atoms with Crippen molar-refractivity contribution in [2.75, 3.05) is 25.3 Å². The highest BCUT2D eigenvalue weighted by atomic mass is 16.5. The summed E-state index contributed by atoms with van der Waals surface area (Å²) in [6, 6.07) is 18.7. The van der Waals surface area contributed by atoms with Crippen LogP contribution in [0.1, 0.15) is 27.0 Å². The van der Waals surface area contributed by atoms with Crippen molar-refractivity contribution in [1.29, 1.82) is 0 Å². The van der Waals surface area contributed by atoms with Crippen LogP contribution in [-0.4, -0.2) is 41.0 Å². The van der Waals surface area contributed by atoms with E-state index in [2.05, 4.69) is 10.4 Å². The minimum atomic E-state index is -0.392. The number of aromatic nitrogens is 3. The van der Waals surface area contributed by atoms with Gasteiger partial charge in [-0.25, -0.2) is 9.97 Å². The van der Waals surface area contributed by atoms with Crippen LogP contribution in [0.4, 0.5) is 11.5 Å². The van der Waals surface area contributed by atoms with Gasteiger partial charge in [0.1, 0.15) is 16.9 Å². The quantitative estimate of drug-likeness (QED) is 0.323. The number of anilines is 2. The molecule has 37 heavy (non-hydrogen) atoms. The summed E-state index contributed by atoms with van der Waals surface area (Å²) in [4.78, 5) is 23.0. The summed E-state index contributed by atoms with van der Waals surface area (Å²) in [7, 11) is 3.14. The number of hydrogen-bond donors (Lipinski definition) is 2. The van der Waals surface area contributed by atoms with E-state index >= 15 is 0 Å². The molecule has 2 aromatic heterocycles. The third-order valence-electron chi connectivity index (χ3n) is 5.91. The molecule has 0 unspecified atom stereocenters. The summed E-state index contributed by atoms with van der Waals surface area (Å²) in [6.07, 6.45) is 1.61. The minimum absolute atomic E-state index is 0.129. The largest absolute Gasteiger partial charge is 0.493 e. The molecule has 0 atom stereocenters. The van der Waals surface area contributed by atoms with Crippen molar-refractivity contribution in [3.63, 3.8) is 0 Å². The minimum Gasteiger partial charge on any atom is -0.493 e. The number of nitrogens with one attached hydrogen (secondary N) is 1. The van der Waals surface area contributed by atoms with Crippen molar-refractivity contribution < 1.29 is 14.3 Å². The average molecular weight is 495 g/mol. The van der Waals surface area contributed by atoms with Gasteiger partial charge in [-0.3, -0.25) is 4.79 Å². The summed E-state index contributed by atoms with van der Waals surface area (Å²) >= 11 is 0. The van der Waals surface area contributed by atoms with Gasteiger partial charge in [0.15, 0.2) is 17.1 Å². The van der Waals surface area contributed by atoms with Crippen LogP contribution in [0.25, 0.3) is 22.2 Å². The van der Waals surface area contributed by atoms with Crippen LogP contribution < -0.4 is 20.5 Å². The van der Waals surface area contributed by atoms with Crippen LogP contribution in [0.3, 0.4) is 0 Å². The number of methoxy groups -OCH3 is 2. The van der Waals surface area contributed by atoms with Crippen LogP contribution in [0, 0.1) is 13.8 Å². The lowest BCUT2D eigenvalue weighted by Crippen LogP contribution is -2.14. The average Bonchev–Trinajstić information content (AvgIpc) is 3.15. The molecular formula is C28H26N6O3. The van der Waals surface area contributed by atoms with Gasteiger partial charge in [0.2, 0.25) is 0 Å². The SMILES string of the molecule is COc1ccc(C=Nn2c(N)c(C(=O)Nc3cc(C)cc(C)c3)c3nc4ccccc4nc32)cc1OC. The first kappa shape index (κ1) is 23.8. The molecule has 9 nitrogen and oxygen atoms in total. The second-order valence-corrected chi connectivity index (χ2v) is 8.65. The smallest absolute Gasteiger partial charge is 0.261 e. The van der Waals surface area contributed by atoms with Gasteiger partial charge in [-0.15, -0.1) is 0 Å². The van der Waals surface area contributed by atoms with Crippen molar-refractivity contribution in [2.45, 2.75) is 13.8 Å². The summed E-state index contributed by atoms with van der Waals surface area (Å²) in [5.74, 6) is 0.908. The molecule has 5 aromatic rings. The summed E-state index contributed by atoms with van der Waals surface area (Å²) in [5.41, 5.74) is 12.3. The fourth-order valence-corrected chi connectivity index (χ4v) is 4.29. The Kier molecular flexibility index (Phi) is 6.19. The highest BCUT2D eigenvalue weighted by Crippen LogP contribution is 2.30. The number of benzene rings is 3. The summed E-state index contributed by atoms with van der Waals surface area (Å²) in [5, 5.41) is 7.52. The summed E-state index contributed by atoms with van der Waals surface area (Å²) < 4.78 is 12.1. The Hall–Kier alpha value is -4.92. The predicted octanol–water partition coefficient (Wildman–Crippen LogP) is 4.94. The molecule has 0 aliphatic rings. The number of nitrogen functional groups attached to an aromatic ring is 1. The maximum Gasteiger partial charge on any atom is 0.261 e. The number of para-hydroxylation sites is 2. The molecule has 5 rings (SSSR count). The number of amides is 1. The Morgan fingerprint density at radius 3 is 2.30 bits per heavy atom. The van der Waals surface area contributed by atoms with E-state index in [0.717, 1.165) is 16.7 Å². The third kappa shape index (κ3) is 4.54. The molecule has 0 aliphatic heterocycles. The number of nitrogens with two attached hydrogens (primary N) is 1. The van der Waals surface area contributed by atoms with E-state index in [1.54, 1.807) is 32.6 Å². The van der Waals surface area contributed by atoms with E-state index in [9.17, 15) is 4.79 Å². The van der Waals surface area contributed by atoms with Crippen molar-refractivity contribution in [3.05, 3.63) is 82.9 Å². The molecule has 3 N–H and O–H groups in total. The molecule has 0 spiro atoms. The Morgan fingerprint density at radius 1 is 0.946 bits per heavy atom. The van der Waals surface area contributed by atoms with E-state index in [-0.39, 0.29) is 11.4 Å². The van der Waals surface area contributed by atoms with E-state index in [4.69, 9.17) is 25.2 Å². The van der Waals surface area contributed by atoms with Crippen LogP contribution >= 0.6 is 0 Å². The van der Waals surface area contributed by atoms with Gasteiger partial charge in [0.05, 0.1) is 31.5 Å². The lowest BCUT2D eigenvalue weighted by molar-refractivity contribution is 0.102. The number of carbonyl (C=O) groups is 1. The molecule has 0 fully saturated rings. The molecule has 0 saturated heterocycles. The first-order chi connectivity index (χ1) is 17.9. The molecule has 0 bridgehead atoms. The van der Waals surface area contributed by atoms with Crippen molar-refractivity contribution in [2.24, 2.45) is 5.10 Å². The van der Waals surface area contributed by atoms with Gasteiger partial charge in [0, 0.05) is 5.69 Å². The normalized spacial score (nSPS) is 11.4. The second-order valence-electron chi connectivity index (χ2n) is 8.65. The molecule has 0 aliphatic carbocycles. The maximum absolute atomic E-state index is 13.5. The Balaban J connectivity index is 1.64. The number of rotatable bonds is 6. The number of ether oxygens (including phenoxy) is 2. The Morgan fingerprint density at radius 2 is 1.62 bits per heavy atom. The van der Waals surface area contributed by atoms with Gasteiger partial charge in [-0.1, -0.05) is 18.2 Å². The number of carbonyl (C=O) groups excluding carboxylic acids is 1. The highest BCUT2D eigenvalue weighted by molar-refractivity contribution is 6.16. The topological polar surface area (TPSA) is 117 Å². The Bertz CT molecular complexity index is 1670. The van der Waals surface area contributed by atoms with E-state index in [0.29, 0.717) is 39.4 Å². The van der Waals surface area contributed by atoms with Crippen molar-refractivity contribution in [3.8, 4) is 11.5 Å². The molecule has 2 heterocycles. The molecule has 9 heteroatoms. The lowest BCUT2D eigenvalue weighted by Gasteiger charge is -2.08. The van der Waals surface area contributed by atoms with Gasteiger partial charge < -0.3 is 20.5 Å². The van der Waals surface area contributed by atoms with Crippen LogP contribution in [0.15, 0.2) is 65.8 Å². The van der Waals surface area contributed by atoms with Crippen molar-refractivity contribution in [1.82, 2.24) is 14.6 Å². The number of fused-ring (bicyclic) bond motifs is 2. The predicted molar refractivity (Wildman–Crippen MR) is 146 cm³/mol. The standard InChI is InChI=1S/C28H26N6O3/c1-16-11-17(2)13-19(12-16)31-28(35)24-25-27(33-21-8-6-5-7-20(21)32-25)34(26(24)29)30-15-18-9-10-22(36-3)23(14-18)37-4/h5-15H,29H2,1-4H3,(H,31,35). The molecule has 1 amide bonds. The molecule has 0 radical (unpaired) electrons. The van der Waals surface area contributed by atoms with Crippen LogP contribution in [0.2, 0.25) is 0 Å². The molecule has 0 saturated carbocycles.